The average Bonchev–Trinajstić information content (AvgIpc) is 3.15. The summed E-state index contributed by atoms with van der Waals surface area (Å²) in [6.45, 7) is 6.54. The highest BCUT2D eigenvalue weighted by atomic mass is 16.6. The van der Waals surface area contributed by atoms with E-state index in [0.29, 0.717) is 42.4 Å². The maximum atomic E-state index is 13.3. The third-order valence-electron chi connectivity index (χ3n) is 7.23. The van der Waals surface area contributed by atoms with E-state index >= 15 is 0 Å². The van der Waals surface area contributed by atoms with E-state index in [4.69, 9.17) is 4.74 Å². The molecule has 2 amide bonds. The minimum absolute atomic E-state index is 0.0582. The van der Waals surface area contributed by atoms with Crippen LogP contribution < -0.4 is 10.9 Å². The van der Waals surface area contributed by atoms with Crippen LogP contribution in [0.15, 0.2) is 35.3 Å². The lowest BCUT2D eigenvalue weighted by molar-refractivity contribution is -0.121. The molecular weight excluding hydrogens is 458 g/mol. The van der Waals surface area contributed by atoms with Gasteiger partial charge in [0.1, 0.15) is 5.60 Å². The second kappa shape index (κ2) is 10.6. The largest absolute Gasteiger partial charge is 0.444 e. The zero-order chi connectivity index (χ0) is 25.9. The number of fused-ring (bicyclic) bond motifs is 1. The molecule has 2 fully saturated rings. The van der Waals surface area contributed by atoms with E-state index in [-0.39, 0.29) is 30.0 Å². The van der Waals surface area contributed by atoms with Gasteiger partial charge >= 0.3 is 6.09 Å². The Hall–Kier alpha value is -2.87. The second-order valence-corrected chi connectivity index (χ2v) is 11.4. The number of nitrogens with zero attached hydrogens (tertiary/aromatic N) is 2. The topological polar surface area (TPSA) is 101 Å². The van der Waals surface area contributed by atoms with E-state index in [2.05, 4.69) is 5.32 Å². The van der Waals surface area contributed by atoms with Crippen molar-refractivity contribution in [1.82, 2.24) is 9.47 Å². The average molecular weight is 498 g/mol. The molecule has 1 saturated heterocycles. The fourth-order valence-corrected chi connectivity index (χ4v) is 5.44. The summed E-state index contributed by atoms with van der Waals surface area (Å²) in [5, 5.41) is 15.0. The first kappa shape index (κ1) is 26.2. The van der Waals surface area contributed by atoms with Crippen molar-refractivity contribution in [1.29, 1.82) is 0 Å². The van der Waals surface area contributed by atoms with Gasteiger partial charge in [0.15, 0.2) is 0 Å². The van der Waals surface area contributed by atoms with E-state index < -0.39 is 11.2 Å². The molecule has 4 rings (SSSR count). The Labute approximate surface area is 212 Å². The molecule has 8 nitrogen and oxygen atoms in total. The maximum Gasteiger partial charge on any atom is 0.410 e. The van der Waals surface area contributed by atoms with Crippen LogP contribution in [0, 0.1) is 0 Å². The SMILES string of the molecule is CC(C)(C)OC(=O)N1CCC[C@@H]1Cn1ccc2c(NC(=O)CC3(O)CCCCCC3)cccc2c1=O. The van der Waals surface area contributed by atoms with Crippen molar-refractivity contribution in [2.24, 2.45) is 0 Å². The van der Waals surface area contributed by atoms with Crippen molar-refractivity contribution in [2.45, 2.75) is 102 Å². The molecule has 1 aliphatic carbocycles. The number of ether oxygens (including phenoxy) is 1. The Balaban J connectivity index is 1.49. The van der Waals surface area contributed by atoms with Gasteiger partial charge in [-0.1, -0.05) is 31.7 Å². The number of amides is 2. The molecule has 2 aromatic rings. The fraction of sp³-hybridized carbons (Fsp3) is 0.607. The quantitative estimate of drug-likeness (QED) is 0.577. The molecule has 36 heavy (non-hydrogen) atoms. The molecule has 1 aromatic carbocycles. The summed E-state index contributed by atoms with van der Waals surface area (Å²) in [5.74, 6) is -0.241. The van der Waals surface area contributed by atoms with Gasteiger partial charge in [-0.25, -0.2) is 4.79 Å². The standard InChI is InChI=1S/C28H39N3O5/c1-27(2,3)36-26(34)31-16-9-10-20(31)19-30-17-13-21-22(25(30)33)11-8-12-23(21)29-24(32)18-28(35)14-6-4-5-7-15-28/h8,11-13,17,20,35H,4-7,9-10,14-16,18-19H2,1-3H3,(H,29,32)/t20-/m1/s1. The van der Waals surface area contributed by atoms with Crippen LogP contribution in [0.3, 0.4) is 0 Å². The zero-order valence-corrected chi connectivity index (χ0v) is 21.7. The van der Waals surface area contributed by atoms with Crippen molar-refractivity contribution in [3.63, 3.8) is 0 Å². The highest BCUT2D eigenvalue weighted by Gasteiger charge is 2.33. The first-order chi connectivity index (χ1) is 17.0. The lowest BCUT2D eigenvalue weighted by atomic mass is 9.90. The Morgan fingerprint density at radius 2 is 1.81 bits per heavy atom. The first-order valence-electron chi connectivity index (χ1n) is 13.2. The van der Waals surface area contributed by atoms with Gasteiger partial charge < -0.3 is 24.6 Å². The molecule has 1 saturated carbocycles. The lowest BCUT2D eigenvalue weighted by Gasteiger charge is -2.29. The lowest BCUT2D eigenvalue weighted by Crippen LogP contribution is -2.42. The number of benzene rings is 1. The Morgan fingerprint density at radius 3 is 2.50 bits per heavy atom. The molecule has 196 valence electrons. The predicted octanol–water partition coefficient (Wildman–Crippen LogP) is 4.81. The Bertz CT molecular complexity index is 1160. The van der Waals surface area contributed by atoms with E-state index in [1.54, 1.807) is 33.9 Å². The minimum Gasteiger partial charge on any atom is -0.444 e. The van der Waals surface area contributed by atoms with Crippen molar-refractivity contribution in [3.8, 4) is 0 Å². The highest BCUT2D eigenvalue weighted by molar-refractivity contribution is 6.02. The molecule has 0 bridgehead atoms. The number of likely N-dealkylation sites (tertiary alicyclic amines) is 1. The summed E-state index contributed by atoms with van der Waals surface area (Å²) in [6, 6.07) is 7.01. The van der Waals surface area contributed by atoms with Crippen molar-refractivity contribution >= 4 is 28.5 Å². The fourth-order valence-electron chi connectivity index (χ4n) is 5.44. The second-order valence-electron chi connectivity index (χ2n) is 11.4. The van der Waals surface area contributed by atoms with Gasteiger partial charge in [-0.15, -0.1) is 0 Å². The van der Waals surface area contributed by atoms with Crippen LogP contribution in [0.4, 0.5) is 10.5 Å². The summed E-state index contributed by atoms with van der Waals surface area (Å²) in [7, 11) is 0. The summed E-state index contributed by atoms with van der Waals surface area (Å²) in [5.41, 5.74) is -1.13. The number of carbonyl (C=O) groups is 2. The molecule has 0 unspecified atom stereocenters. The van der Waals surface area contributed by atoms with Gasteiger partial charge in [0, 0.05) is 35.7 Å². The van der Waals surface area contributed by atoms with Crippen LogP contribution in [-0.4, -0.2) is 50.4 Å². The monoisotopic (exact) mass is 497 g/mol. The number of anilines is 1. The number of hydrogen-bond donors (Lipinski definition) is 2. The molecule has 1 aromatic heterocycles. The number of pyridine rings is 1. The molecular formula is C28H39N3O5. The van der Waals surface area contributed by atoms with Crippen LogP contribution >= 0.6 is 0 Å². The van der Waals surface area contributed by atoms with Crippen LogP contribution in [0.25, 0.3) is 10.8 Å². The van der Waals surface area contributed by atoms with E-state index in [0.717, 1.165) is 38.5 Å². The Kier molecular flexibility index (Phi) is 7.73. The van der Waals surface area contributed by atoms with Crippen molar-refractivity contribution < 1.29 is 19.4 Å². The van der Waals surface area contributed by atoms with Gasteiger partial charge in [0.2, 0.25) is 5.91 Å². The molecule has 2 N–H and O–H groups in total. The van der Waals surface area contributed by atoms with Gasteiger partial charge in [-0.3, -0.25) is 9.59 Å². The normalized spacial score (nSPS) is 20.2. The van der Waals surface area contributed by atoms with Crippen LogP contribution in [0.1, 0.15) is 78.6 Å². The number of aromatic nitrogens is 1. The third-order valence-corrected chi connectivity index (χ3v) is 7.23. The third kappa shape index (κ3) is 6.27. The first-order valence-corrected chi connectivity index (χ1v) is 13.2. The molecule has 0 radical (unpaired) electrons. The molecule has 8 heteroatoms. The molecule has 1 aliphatic heterocycles. The number of aliphatic hydroxyl groups is 1. The van der Waals surface area contributed by atoms with E-state index in [1.807, 2.05) is 26.8 Å². The van der Waals surface area contributed by atoms with Crippen LogP contribution in [0.2, 0.25) is 0 Å². The summed E-state index contributed by atoms with van der Waals surface area (Å²) in [4.78, 5) is 40.5. The van der Waals surface area contributed by atoms with Gasteiger partial charge in [0.25, 0.3) is 5.56 Å². The summed E-state index contributed by atoms with van der Waals surface area (Å²) in [6.07, 6.45) is 8.45. The highest BCUT2D eigenvalue weighted by Crippen LogP contribution is 2.31. The number of rotatable bonds is 5. The Morgan fingerprint density at radius 1 is 1.08 bits per heavy atom. The smallest absolute Gasteiger partial charge is 0.410 e. The molecule has 1 atom stereocenters. The van der Waals surface area contributed by atoms with E-state index in [9.17, 15) is 19.5 Å². The molecule has 2 heterocycles. The van der Waals surface area contributed by atoms with Crippen molar-refractivity contribution in [2.75, 3.05) is 11.9 Å². The number of hydrogen-bond acceptors (Lipinski definition) is 5. The van der Waals surface area contributed by atoms with Crippen LogP contribution in [0.5, 0.6) is 0 Å². The summed E-state index contributed by atoms with van der Waals surface area (Å²) >= 11 is 0. The maximum absolute atomic E-state index is 13.3. The van der Waals surface area contributed by atoms with Gasteiger partial charge in [-0.05, 0) is 64.7 Å². The van der Waals surface area contributed by atoms with E-state index in [1.165, 1.54) is 0 Å². The van der Waals surface area contributed by atoms with Gasteiger partial charge in [0.05, 0.1) is 18.1 Å². The zero-order valence-electron chi connectivity index (χ0n) is 21.7. The minimum atomic E-state index is -0.959. The number of carbonyl (C=O) groups excluding carboxylic acids is 2. The predicted molar refractivity (Wildman–Crippen MR) is 140 cm³/mol. The number of nitrogens with one attached hydrogen (secondary N) is 1. The summed E-state index contributed by atoms with van der Waals surface area (Å²) < 4.78 is 7.19. The molecule has 0 spiro atoms. The van der Waals surface area contributed by atoms with Gasteiger partial charge in [-0.2, -0.15) is 0 Å². The van der Waals surface area contributed by atoms with Crippen molar-refractivity contribution in [3.05, 3.63) is 40.8 Å². The van der Waals surface area contributed by atoms with Crippen LogP contribution in [-0.2, 0) is 16.1 Å². The molecule has 2 aliphatic rings.